The van der Waals surface area contributed by atoms with Crippen molar-refractivity contribution in [2.75, 3.05) is 33.3 Å². The van der Waals surface area contributed by atoms with Gasteiger partial charge in [-0.25, -0.2) is 0 Å². The number of hydrogen-bond acceptors (Lipinski definition) is 3. The van der Waals surface area contributed by atoms with Gasteiger partial charge < -0.3 is 10.1 Å². The van der Waals surface area contributed by atoms with E-state index >= 15 is 0 Å². The Balaban J connectivity index is 1.94. The Morgan fingerprint density at radius 1 is 1.32 bits per heavy atom. The van der Waals surface area contributed by atoms with Gasteiger partial charge in [0, 0.05) is 19.1 Å². The lowest BCUT2D eigenvalue weighted by atomic mass is 9.75. The summed E-state index contributed by atoms with van der Waals surface area (Å²) >= 11 is 0. The van der Waals surface area contributed by atoms with Crippen molar-refractivity contribution >= 4 is 0 Å². The number of morpholine rings is 1. The van der Waals surface area contributed by atoms with Crippen molar-refractivity contribution in [3.05, 3.63) is 0 Å². The highest BCUT2D eigenvalue weighted by atomic mass is 16.5. The first kappa shape index (κ1) is 15.3. The van der Waals surface area contributed by atoms with E-state index in [9.17, 15) is 0 Å². The average Bonchev–Trinajstić information content (AvgIpc) is 2.48. The molecule has 19 heavy (non-hydrogen) atoms. The van der Waals surface area contributed by atoms with Gasteiger partial charge in [-0.3, -0.25) is 4.90 Å². The number of nitrogens with zero attached hydrogens (tertiary/aromatic N) is 1. The molecule has 0 amide bonds. The second-order valence-electron chi connectivity index (χ2n) is 6.32. The van der Waals surface area contributed by atoms with Crippen molar-refractivity contribution in [1.29, 1.82) is 0 Å². The lowest BCUT2D eigenvalue weighted by molar-refractivity contribution is -0.0584. The van der Waals surface area contributed by atoms with Crippen LogP contribution in [0.1, 0.15) is 46.0 Å². The molecule has 112 valence electrons. The van der Waals surface area contributed by atoms with E-state index in [4.69, 9.17) is 4.74 Å². The summed E-state index contributed by atoms with van der Waals surface area (Å²) in [5, 5.41) is 3.58. The van der Waals surface area contributed by atoms with Gasteiger partial charge in [-0.05, 0) is 38.3 Å². The summed E-state index contributed by atoms with van der Waals surface area (Å²) in [5.41, 5.74) is 0. The zero-order valence-corrected chi connectivity index (χ0v) is 13.0. The van der Waals surface area contributed by atoms with E-state index in [0.29, 0.717) is 12.1 Å². The summed E-state index contributed by atoms with van der Waals surface area (Å²) in [4.78, 5) is 2.53. The van der Waals surface area contributed by atoms with E-state index in [1.54, 1.807) is 0 Å². The lowest BCUT2D eigenvalue weighted by Gasteiger charge is -2.42. The minimum absolute atomic E-state index is 0.388. The third kappa shape index (κ3) is 3.93. The predicted octanol–water partition coefficient (Wildman–Crippen LogP) is 2.51. The molecule has 0 radical (unpaired) electrons. The maximum atomic E-state index is 6.08. The Kier molecular flexibility index (Phi) is 6.11. The molecule has 4 unspecified atom stereocenters. The van der Waals surface area contributed by atoms with Crippen LogP contribution in [0.2, 0.25) is 0 Å². The van der Waals surface area contributed by atoms with Crippen molar-refractivity contribution in [2.24, 2.45) is 11.8 Å². The number of nitrogens with one attached hydrogen (secondary N) is 1. The minimum atomic E-state index is 0.388. The van der Waals surface area contributed by atoms with Crippen molar-refractivity contribution < 1.29 is 4.74 Å². The molecular weight excluding hydrogens is 236 g/mol. The fraction of sp³-hybridized carbons (Fsp3) is 1.00. The van der Waals surface area contributed by atoms with Crippen LogP contribution in [0.15, 0.2) is 0 Å². The summed E-state index contributed by atoms with van der Waals surface area (Å²) in [6, 6.07) is 0.545. The largest absolute Gasteiger partial charge is 0.374 e. The first-order valence-electron chi connectivity index (χ1n) is 8.29. The molecule has 0 aromatic rings. The second kappa shape index (κ2) is 7.61. The second-order valence-corrected chi connectivity index (χ2v) is 6.32. The molecule has 0 spiro atoms. The number of likely N-dealkylation sites (N-methyl/N-ethyl adjacent to an activating group) is 2. The van der Waals surface area contributed by atoms with Gasteiger partial charge in [0.2, 0.25) is 0 Å². The van der Waals surface area contributed by atoms with Crippen LogP contribution in [0.4, 0.5) is 0 Å². The molecule has 1 aliphatic heterocycles. The van der Waals surface area contributed by atoms with E-state index in [-0.39, 0.29) is 0 Å². The first-order chi connectivity index (χ1) is 9.28. The van der Waals surface area contributed by atoms with Crippen LogP contribution >= 0.6 is 0 Å². The molecule has 0 aromatic carbocycles. The van der Waals surface area contributed by atoms with Gasteiger partial charge in [-0.1, -0.05) is 33.1 Å². The molecule has 3 nitrogen and oxygen atoms in total. The van der Waals surface area contributed by atoms with Crippen molar-refractivity contribution in [2.45, 2.75) is 58.1 Å². The topological polar surface area (TPSA) is 24.5 Å². The molecule has 2 aliphatic rings. The van der Waals surface area contributed by atoms with Crippen LogP contribution in [0, 0.1) is 11.8 Å². The Labute approximate surface area is 119 Å². The van der Waals surface area contributed by atoms with Gasteiger partial charge in [0.05, 0.1) is 12.7 Å². The van der Waals surface area contributed by atoms with Crippen LogP contribution < -0.4 is 5.32 Å². The number of hydrogen-bond donors (Lipinski definition) is 1. The van der Waals surface area contributed by atoms with Crippen LogP contribution in [-0.2, 0) is 4.74 Å². The maximum Gasteiger partial charge on any atom is 0.0857 e. The van der Waals surface area contributed by atoms with Crippen molar-refractivity contribution in [3.63, 3.8) is 0 Å². The Bertz CT molecular complexity index is 235. The van der Waals surface area contributed by atoms with Gasteiger partial charge in [0.25, 0.3) is 0 Å². The minimum Gasteiger partial charge on any atom is -0.374 e. The fourth-order valence-electron chi connectivity index (χ4n) is 3.99. The normalized spacial score (nSPS) is 35.2. The third-order valence-electron chi connectivity index (χ3n) is 5.27. The molecule has 1 aliphatic carbocycles. The quantitative estimate of drug-likeness (QED) is 0.829. The highest BCUT2D eigenvalue weighted by Gasteiger charge is 2.34. The zero-order valence-electron chi connectivity index (χ0n) is 13.0. The summed E-state index contributed by atoms with van der Waals surface area (Å²) in [6.07, 6.45) is 7.36. The molecule has 2 rings (SSSR count). The standard InChI is InChI=1S/C16H32N2O/c1-4-13-7-6-8-14(11-13)16(17-3)15-12-18(5-2)9-10-19-15/h13-17H,4-12H2,1-3H3. The predicted molar refractivity (Wildman–Crippen MR) is 80.4 cm³/mol. The maximum absolute atomic E-state index is 6.08. The molecule has 3 heteroatoms. The average molecular weight is 268 g/mol. The monoisotopic (exact) mass is 268 g/mol. The Hall–Kier alpha value is -0.120. The molecule has 1 N–H and O–H groups in total. The molecule has 0 bridgehead atoms. The van der Waals surface area contributed by atoms with Gasteiger partial charge in [-0.2, -0.15) is 0 Å². The smallest absolute Gasteiger partial charge is 0.0857 e. The molecule has 0 aromatic heterocycles. The van der Waals surface area contributed by atoms with Crippen LogP contribution in [0.3, 0.4) is 0 Å². The van der Waals surface area contributed by atoms with Crippen LogP contribution in [-0.4, -0.2) is 50.3 Å². The van der Waals surface area contributed by atoms with Gasteiger partial charge in [-0.15, -0.1) is 0 Å². The van der Waals surface area contributed by atoms with E-state index in [2.05, 4.69) is 31.1 Å². The molecule has 4 atom stereocenters. The summed E-state index contributed by atoms with van der Waals surface area (Å²) in [5.74, 6) is 1.76. The van der Waals surface area contributed by atoms with E-state index in [0.717, 1.165) is 38.1 Å². The molecule has 2 fully saturated rings. The van der Waals surface area contributed by atoms with Crippen molar-refractivity contribution in [1.82, 2.24) is 10.2 Å². The summed E-state index contributed by atoms with van der Waals surface area (Å²) in [7, 11) is 2.12. The van der Waals surface area contributed by atoms with E-state index < -0.39 is 0 Å². The highest BCUT2D eigenvalue weighted by molar-refractivity contribution is 4.89. The van der Waals surface area contributed by atoms with Crippen molar-refractivity contribution in [3.8, 4) is 0 Å². The third-order valence-corrected chi connectivity index (χ3v) is 5.27. The number of ether oxygens (including phenoxy) is 1. The summed E-state index contributed by atoms with van der Waals surface area (Å²) < 4.78 is 6.08. The SMILES string of the molecule is CCC1CCCC(C(NC)C2CN(CC)CCO2)C1. The Morgan fingerprint density at radius 3 is 2.84 bits per heavy atom. The van der Waals surface area contributed by atoms with Crippen LogP contribution in [0.5, 0.6) is 0 Å². The summed E-state index contributed by atoms with van der Waals surface area (Å²) in [6.45, 7) is 8.86. The molecular formula is C16H32N2O. The molecule has 1 saturated heterocycles. The lowest BCUT2D eigenvalue weighted by Crippen LogP contribution is -2.54. The van der Waals surface area contributed by atoms with Crippen LogP contribution in [0.25, 0.3) is 0 Å². The first-order valence-corrected chi connectivity index (χ1v) is 8.29. The molecule has 1 heterocycles. The van der Waals surface area contributed by atoms with Gasteiger partial charge in [0.15, 0.2) is 0 Å². The van der Waals surface area contributed by atoms with Gasteiger partial charge >= 0.3 is 0 Å². The number of rotatable bonds is 5. The fourth-order valence-corrected chi connectivity index (χ4v) is 3.99. The highest BCUT2D eigenvalue weighted by Crippen LogP contribution is 2.34. The molecule has 1 saturated carbocycles. The van der Waals surface area contributed by atoms with E-state index in [1.165, 1.54) is 32.1 Å². The zero-order chi connectivity index (χ0) is 13.7. The Morgan fingerprint density at radius 2 is 2.16 bits per heavy atom. The van der Waals surface area contributed by atoms with E-state index in [1.807, 2.05) is 0 Å². The van der Waals surface area contributed by atoms with Gasteiger partial charge in [0.1, 0.15) is 0 Å².